The van der Waals surface area contributed by atoms with E-state index < -0.39 is 30.3 Å². The van der Waals surface area contributed by atoms with Crippen molar-refractivity contribution < 1.29 is 22.0 Å². The average Bonchev–Trinajstić information content (AvgIpc) is 2.58. The van der Waals surface area contributed by atoms with Gasteiger partial charge in [0.25, 0.3) is 0 Å². The summed E-state index contributed by atoms with van der Waals surface area (Å²) in [6.45, 7) is -1.41. The van der Waals surface area contributed by atoms with Crippen molar-refractivity contribution in [1.29, 1.82) is 0 Å². The Morgan fingerprint density at radius 2 is 1.57 bits per heavy atom. The fourth-order valence-electron chi connectivity index (χ4n) is 2.03. The van der Waals surface area contributed by atoms with Crippen molar-refractivity contribution in [3.05, 3.63) is 42.1 Å². The largest absolute Gasteiger partial charge is 0.405 e. The lowest BCUT2D eigenvalue weighted by molar-refractivity contribution is -0.115. The maximum atomic E-state index is 13.3. The van der Waals surface area contributed by atoms with Crippen molar-refractivity contribution in [1.82, 2.24) is 24.9 Å². The highest BCUT2D eigenvalue weighted by Gasteiger charge is 2.27. The molecule has 0 fully saturated rings. The molecule has 3 aromatic rings. The van der Waals surface area contributed by atoms with Gasteiger partial charge in [-0.1, -0.05) is 0 Å². The summed E-state index contributed by atoms with van der Waals surface area (Å²) in [5, 5.41) is 4.49. The van der Waals surface area contributed by atoms with E-state index in [0.717, 1.165) is 12.1 Å². The van der Waals surface area contributed by atoms with E-state index in [-0.39, 0.29) is 29.1 Å². The second-order valence-electron chi connectivity index (χ2n) is 5.36. The van der Waals surface area contributed by atoms with Crippen LogP contribution in [0.4, 0.5) is 45.4 Å². The Morgan fingerprint density at radius 3 is 2.21 bits per heavy atom. The third-order valence-corrected chi connectivity index (χ3v) is 3.08. The third-order valence-electron chi connectivity index (χ3n) is 3.08. The molecule has 0 unspecified atom stereocenters. The molecule has 2 heterocycles. The lowest BCUT2D eigenvalue weighted by atomic mass is 10.3. The first kappa shape index (κ1) is 19.1. The van der Waals surface area contributed by atoms with Gasteiger partial charge in [0.15, 0.2) is 5.82 Å². The summed E-state index contributed by atoms with van der Waals surface area (Å²) in [5.41, 5.74) is 5.49. The first-order valence-electron chi connectivity index (χ1n) is 7.57. The molecule has 0 saturated carbocycles. The first-order chi connectivity index (χ1) is 13.2. The minimum absolute atomic E-state index is 0.0649. The lowest BCUT2D eigenvalue weighted by Crippen LogP contribution is -2.23. The number of alkyl halides is 3. The van der Waals surface area contributed by atoms with Crippen LogP contribution in [0, 0.1) is 11.6 Å². The molecule has 8 nitrogen and oxygen atoms in total. The highest BCUT2D eigenvalue weighted by Crippen LogP contribution is 2.21. The molecular weight excluding hydrogens is 387 g/mol. The van der Waals surface area contributed by atoms with E-state index in [1.807, 2.05) is 5.32 Å². The zero-order chi connectivity index (χ0) is 20.3. The molecule has 2 aromatic heterocycles. The molecule has 0 aliphatic heterocycles. The molecule has 28 heavy (non-hydrogen) atoms. The number of aromatic nitrogens is 5. The van der Waals surface area contributed by atoms with E-state index >= 15 is 0 Å². The fraction of sp³-hybridized carbons (Fsp3) is 0.133. The van der Waals surface area contributed by atoms with Crippen LogP contribution in [0.5, 0.6) is 0 Å². The molecule has 4 N–H and O–H groups in total. The smallest absolute Gasteiger partial charge is 0.384 e. The summed E-state index contributed by atoms with van der Waals surface area (Å²) < 4.78 is 64.1. The molecule has 0 radical (unpaired) electrons. The van der Waals surface area contributed by atoms with Crippen LogP contribution in [-0.4, -0.2) is 37.6 Å². The number of nitrogens with zero attached hydrogens (tertiary/aromatic N) is 5. The maximum absolute atomic E-state index is 13.3. The second-order valence-corrected chi connectivity index (χ2v) is 5.36. The van der Waals surface area contributed by atoms with Gasteiger partial charge in [-0.25, -0.2) is 18.7 Å². The zero-order valence-corrected chi connectivity index (χ0v) is 13.8. The van der Waals surface area contributed by atoms with Crippen LogP contribution >= 0.6 is 0 Å². The minimum Gasteiger partial charge on any atom is -0.384 e. The van der Waals surface area contributed by atoms with Crippen LogP contribution in [-0.2, 0) is 0 Å². The van der Waals surface area contributed by atoms with Crippen molar-refractivity contribution in [3.8, 4) is 11.6 Å². The number of anilines is 4. The van der Waals surface area contributed by atoms with E-state index in [9.17, 15) is 22.0 Å². The summed E-state index contributed by atoms with van der Waals surface area (Å²) in [5.74, 6) is -2.68. The number of nitrogens with one attached hydrogen (secondary N) is 2. The van der Waals surface area contributed by atoms with Crippen molar-refractivity contribution in [3.63, 3.8) is 0 Å². The van der Waals surface area contributed by atoms with Gasteiger partial charge in [-0.2, -0.15) is 28.1 Å². The van der Waals surface area contributed by atoms with E-state index in [1.165, 1.54) is 12.3 Å². The molecule has 0 amide bonds. The van der Waals surface area contributed by atoms with E-state index in [1.54, 1.807) is 0 Å². The molecule has 0 aliphatic rings. The Hall–Kier alpha value is -3.64. The summed E-state index contributed by atoms with van der Waals surface area (Å²) in [6.07, 6.45) is -3.22. The van der Waals surface area contributed by atoms with Gasteiger partial charge in [-0.15, -0.1) is 0 Å². The van der Waals surface area contributed by atoms with Crippen molar-refractivity contribution in [2.75, 3.05) is 22.9 Å². The van der Waals surface area contributed by atoms with Crippen LogP contribution < -0.4 is 16.4 Å². The quantitative estimate of drug-likeness (QED) is 0.562. The summed E-state index contributed by atoms with van der Waals surface area (Å²) in [7, 11) is 0. The Labute approximate surface area is 154 Å². The van der Waals surface area contributed by atoms with Crippen LogP contribution in [0.25, 0.3) is 11.6 Å². The molecule has 13 heteroatoms. The number of hydrogen-bond acceptors (Lipinski definition) is 8. The maximum Gasteiger partial charge on any atom is 0.405 e. The molecule has 0 saturated heterocycles. The lowest BCUT2D eigenvalue weighted by Gasteiger charge is -2.11. The van der Waals surface area contributed by atoms with Gasteiger partial charge in [0.1, 0.15) is 24.0 Å². The predicted molar refractivity (Wildman–Crippen MR) is 89.5 cm³/mol. The number of benzene rings is 1. The highest BCUT2D eigenvalue weighted by molar-refractivity contribution is 5.58. The Balaban J connectivity index is 1.98. The molecule has 0 spiro atoms. The number of hydrogen-bond donors (Lipinski definition) is 3. The van der Waals surface area contributed by atoms with Crippen molar-refractivity contribution >= 4 is 23.4 Å². The predicted octanol–water partition coefficient (Wildman–Crippen LogP) is 2.91. The average molecular weight is 398 g/mol. The topological polar surface area (TPSA) is 115 Å². The van der Waals surface area contributed by atoms with Crippen molar-refractivity contribution in [2.45, 2.75) is 6.18 Å². The van der Waals surface area contributed by atoms with Crippen LogP contribution in [0.15, 0.2) is 30.5 Å². The minimum atomic E-state index is -4.53. The van der Waals surface area contributed by atoms with E-state index in [2.05, 4.69) is 30.2 Å². The van der Waals surface area contributed by atoms with E-state index in [0.29, 0.717) is 6.07 Å². The third kappa shape index (κ3) is 5.18. The molecule has 1 aromatic carbocycles. The van der Waals surface area contributed by atoms with Crippen molar-refractivity contribution in [2.24, 2.45) is 0 Å². The number of halogens is 5. The van der Waals surface area contributed by atoms with Crippen LogP contribution in [0.2, 0.25) is 0 Å². The zero-order valence-electron chi connectivity index (χ0n) is 13.8. The normalized spacial score (nSPS) is 11.3. The molecule has 0 bridgehead atoms. The Bertz CT molecular complexity index is 974. The van der Waals surface area contributed by atoms with Gasteiger partial charge in [-0.3, -0.25) is 0 Å². The number of nitrogen functional groups attached to an aromatic ring is 1. The van der Waals surface area contributed by atoms with Crippen LogP contribution in [0.3, 0.4) is 0 Å². The summed E-state index contributed by atoms with van der Waals surface area (Å²) in [4.78, 5) is 19.3. The monoisotopic (exact) mass is 398 g/mol. The standard InChI is InChI=1S/C15H11F5N8/c16-7-3-8(17)5-9(4-7)24-14-27-12(11-22-2-1-10(21)25-11)26-13(28-14)23-6-15(18,19)20/h1-5H,6H2,(H2,21,22,25)(H2,23,24,26,27,28). The molecule has 0 aliphatic carbocycles. The first-order valence-corrected chi connectivity index (χ1v) is 7.57. The van der Waals surface area contributed by atoms with Gasteiger partial charge < -0.3 is 16.4 Å². The van der Waals surface area contributed by atoms with Gasteiger partial charge in [0.05, 0.1) is 0 Å². The molecule has 0 atom stereocenters. The van der Waals surface area contributed by atoms with E-state index in [4.69, 9.17) is 5.73 Å². The molecule has 3 rings (SSSR count). The molecule has 146 valence electrons. The highest BCUT2D eigenvalue weighted by atomic mass is 19.4. The van der Waals surface area contributed by atoms with Crippen LogP contribution in [0.1, 0.15) is 0 Å². The second kappa shape index (κ2) is 7.54. The summed E-state index contributed by atoms with van der Waals surface area (Å²) in [6, 6.07) is 3.95. The summed E-state index contributed by atoms with van der Waals surface area (Å²) >= 11 is 0. The fourth-order valence-corrected chi connectivity index (χ4v) is 2.03. The Kier molecular flexibility index (Phi) is 5.15. The SMILES string of the molecule is Nc1ccnc(-c2nc(NCC(F)(F)F)nc(Nc3cc(F)cc(F)c3)n2)n1. The van der Waals surface area contributed by atoms with Gasteiger partial charge >= 0.3 is 6.18 Å². The van der Waals surface area contributed by atoms with Gasteiger partial charge in [-0.05, 0) is 18.2 Å². The van der Waals surface area contributed by atoms with Gasteiger partial charge in [0.2, 0.25) is 17.7 Å². The Morgan fingerprint density at radius 1 is 0.893 bits per heavy atom. The number of nitrogens with two attached hydrogens (primary N) is 1. The number of rotatable bonds is 5. The molecular formula is C15H11F5N8. The van der Waals surface area contributed by atoms with Gasteiger partial charge in [0, 0.05) is 18.0 Å².